The number of sulfone groups is 2. The number of rotatable bonds is 4. The summed E-state index contributed by atoms with van der Waals surface area (Å²) in [6, 6.07) is 12.8. The van der Waals surface area contributed by atoms with Crippen molar-refractivity contribution in [3.63, 3.8) is 0 Å². The molecule has 2 aromatic carbocycles. The molecule has 118 valence electrons. The van der Waals surface area contributed by atoms with E-state index in [2.05, 4.69) is 0 Å². The first-order valence-corrected chi connectivity index (χ1v) is 9.87. The van der Waals surface area contributed by atoms with Crippen LogP contribution in [0.4, 0.5) is 0 Å². The molecule has 0 spiro atoms. The summed E-state index contributed by atoms with van der Waals surface area (Å²) < 4.78 is 49.3. The molecule has 0 aliphatic rings. The van der Waals surface area contributed by atoms with Crippen LogP contribution in [0.25, 0.3) is 0 Å². The minimum Gasteiger partial charge on any atom is -0.222 e. The van der Waals surface area contributed by atoms with E-state index >= 15 is 0 Å². The first-order valence-electron chi connectivity index (χ1n) is 6.78. The van der Waals surface area contributed by atoms with Gasteiger partial charge in [0.25, 0.3) is 0 Å². The molecular formula is C16H18O4S2. The van der Waals surface area contributed by atoms with Gasteiger partial charge in [0.15, 0.2) is 24.3 Å². The van der Waals surface area contributed by atoms with Crippen LogP contribution in [-0.2, 0) is 19.7 Å². The van der Waals surface area contributed by atoms with Crippen molar-refractivity contribution < 1.29 is 16.8 Å². The molecule has 0 N–H and O–H groups in total. The lowest BCUT2D eigenvalue weighted by atomic mass is 10.2. The van der Waals surface area contributed by atoms with Crippen LogP contribution < -0.4 is 0 Å². The molecule has 0 amide bonds. The first kappa shape index (κ1) is 16.7. The number of aryl methyl sites for hydroxylation is 2. The SMILES string of the molecule is Cc1ccccc1S(=O)(=O)C(C)S(=O)(=O)c1ccccc1C. The summed E-state index contributed by atoms with van der Waals surface area (Å²) >= 11 is 0. The van der Waals surface area contributed by atoms with Crippen molar-refractivity contribution in [1.29, 1.82) is 0 Å². The highest BCUT2D eigenvalue weighted by molar-refractivity contribution is 8.09. The quantitative estimate of drug-likeness (QED) is 0.859. The topological polar surface area (TPSA) is 68.3 Å². The molecule has 0 aromatic heterocycles. The lowest BCUT2D eigenvalue weighted by Crippen LogP contribution is -2.28. The lowest BCUT2D eigenvalue weighted by Gasteiger charge is -2.16. The second kappa shape index (κ2) is 5.85. The highest BCUT2D eigenvalue weighted by Gasteiger charge is 2.37. The Morgan fingerprint density at radius 3 is 1.32 bits per heavy atom. The summed E-state index contributed by atoms with van der Waals surface area (Å²) in [4.78, 5) is 0.110. The van der Waals surface area contributed by atoms with Gasteiger partial charge >= 0.3 is 0 Å². The maximum atomic E-state index is 12.7. The van der Waals surface area contributed by atoms with Gasteiger partial charge in [-0.05, 0) is 44.0 Å². The van der Waals surface area contributed by atoms with Crippen molar-refractivity contribution in [3.05, 3.63) is 59.7 Å². The third-order valence-electron chi connectivity index (χ3n) is 3.67. The van der Waals surface area contributed by atoms with Gasteiger partial charge in [0.2, 0.25) is 0 Å². The predicted octanol–water partition coefficient (Wildman–Crippen LogP) is 2.90. The van der Waals surface area contributed by atoms with Crippen LogP contribution in [0.5, 0.6) is 0 Å². The van der Waals surface area contributed by atoms with Crippen LogP contribution in [0.15, 0.2) is 58.3 Å². The minimum absolute atomic E-state index is 0.0552. The van der Waals surface area contributed by atoms with Crippen LogP contribution in [0, 0.1) is 13.8 Å². The Kier molecular flexibility index (Phi) is 4.44. The summed E-state index contributed by atoms with van der Waals surface area (Å²) in [5.41, 5.74) is 1.07. The Balaban J connectivity index is 2.59. The Hall–Kier alpha value is -1.66. The molecule has 0 atom stereocenters. The van der Waals surface area contributed by atoms with Gasteiger partial charge in [0, 0.05) is 0 Å². The molecule has 22 heavy (non-hydrogen) atoms. The molecule has 4 nitrogen and oxygen atoms in total. The van der Waals surface area contributed by atoms with Gasteiger partial charge < -0.3 is 0 Å². The zero-order chi connectivity index (χ0) is 16.5. The zero-order valence-electron chi connectivity index (χ0n) is 12.6. The zero-order valence-corrected chi connectivity index (χ0v) is 14.3. The normalized spacial score (nSPS) is 12.5. The summed E-state index contributed by atoms with van der Waals surface area (Å²) in [6.45, 7) is 4.53. The maximum absolute atomic E-state index is 12.7. The molecule has 2 rings (SSSR count). The molecule has 0 radical (unpaired) electrons. The molecule has 2 aromatic rings. The maximum Gasteiger partial charge on any atom is 0.195 e. The van der Waals surface area contributed by atoms with E-state index in [0.29, 0.717) is 11.1 Å². The van der Waals surface area contributed by atoms with E-state index in [9.17, 15) is 16.8 Å². The van der Waals surface area contributed by atoms with Crippen molar-refractivity contribution in [3.8, 4) is 0 Å². The Morgan fingerprint density at radius 2 is 1.00 bits per heavy atom. The van der Waals surface area contributed by atoms with E-state index in [0.717, 1.165) is 0 Å². The van der Waals surface area contributed by atoms with Crippen molar-refractivity contribution in [2.45, 2.75) is 35.1 Å². The van der Waals surface area contributed by atoms with Crippen molar-refractivity contribution in [1.82, 2.24) is 0 Å². The molecule has 0 unspecified atom stereocenters. The minimum atomic E-state index is -3.98. The van der Waals surface area contributed by atoms with Gasteiger partial charge in [0.05, 0.1) is 9.79 Å². The van der Waals surface area contributed by atoms with Crippen molar-refractivity contribution in [2.75, 3.05) is 0 Å². The largest absolute Gasteiger partial charge is 0.222 e. The van der Waals surface area contributed by atoms with Crippen LogP contribution in [0.1, 0.15) is 18.1 Å². The average Bonchev–Trinajstić information content (AvgIpc) is 2.47. The average molecular weight is 338 g/mol. The van der Waals surface area contributed by atoms with Crippen molar-refractivity contribution in [2.24, 2.45) is 0 Å². The van der Waals surface area contributed by atoms with E-state index in [-0.39, 0.29) is 9.79 Å². The Morgan fingerprint density at radius 1 is 0.682 bits per heavy atom. The van der Waals surface area contributed by atoms with Crippen LogP contribution >= 0.6 is 0 Å². The summed E-state index contributed by atoms with van der Waals surface area (Å²) in [5, 5.41) is 0. The molecule has 0 saturated heterocycles. The smallest absolute Gasteiger partial charge is 0.195 e. The van der Waals surface area contributed by atoms with Gasteiger partial charge in [-0.1, -0.05) is 36.4 Å². The van der Waals surface area contributed by atoms with Gasteiger partial charge in [0.1, 0.15) is 0 Å². The fourth-order valence-corrected chi connectivity index (χ4v) is 6.52. The number of hydrogen-bond acceptors (Lipinski definition) is 4. The Labute approximate surface area is 131 Å². The van der Waals surface area contributed by atoms with Crippen molar-refractivity contribution >= 4 is 19.7 Å². The van der Waals surface area contributed by atoms with Gasteiger partial charge in [-0.15, -0.1) is 0 Å². The summed E-state index contributed by atoms with van der Waals surface area (Å²) in [6.07, 6.45) is 0. The standard InChI is InChI=1S/C16H18O4S2/c1-12-8-4-6-10-15(12)21(17,18)14(3)22(19,20)16-11-7-5-9-13(16)2/h4-11,14H,1-3H3. The highest BCUT2D eigenvalue weighted by atomic mass is 32.3. The van der Waals surface area contributed by atoms with Crippen LogP contribution in [0.3, 0.4) is 0 Å². The third-order valence-corrected chi connectivity index (χ3v) is 9.08. The molecule has 0 fully saturated rings. The molecule has 0 aliphatic heterocycles. The molecule has 0 bridgehead atoms. The monoisotopic (exact) mass is 338 g/mol. The van der Waals surface area contributed by atoms with E-state index < -0.39 is 24.3 Å². The molecule has 0 saturated carbocycles. The van der Waals surface area contributed by atoms with Gasteiger partial charge in [-0.2, -0.15) is 0 Å². The van der Waals surface area contributed by atoms with Crippen LogP contribution in [-0.4, -0.2) is 21.4 Å². The predicted molar refractivity (Wildman–Crippen MR) is 86.2 cm³/mol. The van der Waals surface area contributed by atoms with E-state index in [1.165, 1.54) is 19.1 Å². The second-order valence-corrected chi connectivity index (χ2v) is 9.96. The fraction of sp³-hybridized carbons (Fsp3) is 0.250. The second-order valence-electron chi connectivity index (χ2n) is 5.19. The highest BCUT2D eigenvalue weighted by Crippen LogP contribution is 2.28. The number of hydrogen-bond donors (Lipinski definition) is 0. The van der Waals surface area contributed by atoms with E-state index in [1.54, 1.807) is 50.2 Å². The number of benzene rings is 2. The third kappa shape index (κ3) is 2.80. The van der Waals surface area contributed by atoms with E-state index in [1.807, 2.05) is 0 Å². The fourth-order valence-electron chi connectivity index (χ4n) is 2.28. The molecule has 6 heteroatoms. The van der Waals surface area contributed by atoms with E-state index in [4.69, 9.17) is 0 Å². The molecular weight excluding hydrogens is 320 g/mol. The van der Waals surface area contributed by atoms with Gasteiger partial charge in [-0.3, -0.25) is 0 Å². The summed E-state index contributed by atoms with van der Waals surface area (Å²) in [5.74, 6) is 0. The molecule has 0 aliphatic carbocycles. The molecule has 0 heterocycles. The lowest BCUT2D eigenvalue weighted by molar-refractivity contribution is 0.577. The first-order chi connectivity index (χ1) is 10.2. The Bertz CT molecular complexity index is 822. The van der Waals surface area contributed by atoms with Gasteiger partial charge in [-0.25, -0.2) is 16.8 Å². The summed E-state index contributed by atoms with van der Waals surface area (Å²) in [7, 11) is -7.96. The van der Waals surface area contributed by atoms with Crippen LogP contribution in [0.2, 0.25) is 0 Å².